The van der Waals surface area contributed by atoms with Gasteiger partial charge in [0.2, 0.25) is 0 Å². The number of tetrazole rings is 1. The Labute approximate surface area is 364 Å². The van der Waals surface area contributed by atoms with E-state index in [2.05, 4.69) is 126 Å². The zero-order valence-electron chi connectivity index (χ0n) is 35.8. The lowest BCUT2D eigenvalue weighted by Crippen LogP contribution is -2.39. The summed E-state index contributed by atoms with van der Waals surface area (Å²) in [5.74, 6) is 0.442. The molecular weight excluding hydrogens is 773 g/mol. The third-order valence-electron chi connectivity index (χ3n) is 12.4. The van der Waals surface area contributed by atoms with Crippen molar-refractivity contribution in [3.05, 3.63) is 179 Å². The monoisotopic (exact) mass is 826 g/mol. The SMILES string of the molecule is CCCCc1ncc(C(OC(C)=O)C(CC2CCCC2)C(=O)OC)n1Cc1ccc(-c2ccccc2-c2nnnn2C(c2ccccc2)(c2ccccc2)c2ccccc2)cc1. The molecule has 10 heteroatoms. The smallest absolute Gasteiger partial charge is 0.312 e. The van der Waals surface area contributed by atoms with E-state index < -0.39 is 23.5 Å². The van der Waals surface area contributed by atoms with Gasteiger partial charge in [-0.25, -0.2) is 9.67 Å². The highest BCUT2D eigenvalue weighted by atomic mass is 16.6. The van der Waals surface area contributed by atoms with E-state index in [0.717, 1.165) is 89.7 Å². The van der Waals surface area contributed by atoms with Crippen LogP contribution in [0.3, 0.4) is 0 Å². The lowest BCUT2D eigenvalue weighted by Gasteiger charge is -2.36. The summed E-state index contributed by atoms with van der Waals surface area (Å²) in [5, 5.41) is 13.9. The maximum Gasteiger partial charge on any atom is 0.312 e. The molecule has 2 heterocycles. The zero-order valence-corrected chi connectivity index (χ0v) is 35.8. The van der Waals surface area contributed by atoms with Crippen molar-refractivity contribution in [1.29, 1.82) is 0 Å². The van der Waals surface area contributed by atoms with Crippen LogP contribution in [0, 0.1) is 11.8 Å². The molecule has 2 unspecified atom stereocenters. The van der Waals surface area contributed by atoms with Crippen LogP contribution in [0.5, 0.6) is 0 Å². The van der Waals surface area contributed by atoms with Gasteiger partial charge in [-0.05, 0) is 62.6 Å². The number of carbonyl (C=O) groups is 2. The summed E-state index contributed by atoms with van der Waals surface area (Å²) >= 11 is 0. The second kappa shape index (κ2) is 19.4. The first-order chi connectivity index (χ1) is 30.4. The summed E-state index contributed by atoms with van der Waals surface area (Å²) in [4.78, 5) is 31.0. The first-order valence-corrected chi connectivity index (χ1v) is 21.9. The number of ether oxygens (including phenoxy) is 2. The van der Waals surface area contributed by atoms with Crippen molar-refractivity contribution in [3.63, 3.8) is 0 Å². The minimum absolute atomic E-state index is 0.367. The first kappa shape index (κ1) is 42.0. The van der Waals surface area contributed by atoms with Crippen LogP contribution in [-0.2, 0) is 37.6 Å². The Morgan fingerprint density at radius 1 is 0.774 bits per heavy atom. The second-order valence-electron chi connectivity index (χ2n) is 16.3. The van der Waals surface area contributed by atoms with E-state index in [4.69, 9.17) is 24.8 Å². The maximum absolute atomic E-state index is 13.5. The molecule has 1 saturated carbocycles. The Kier molecular flexibility index (Phi) is 13.1. The number of esters is 2. The largest absolute Gasteiger partial charge is 0.469 e. The van der Waals surface area contributed by atoms with Gasteiger partial charge in [0.05, 0.1) is 24.9 Å². The molecule has 5 aromatic carbocycles. The Morgan fingerprint density at radius 2 is 1.35 bits per heavy atom. The van der Waals surface area contributed by atoms with Crippen LogP contribution < -0.4 is 0 Å². The van der Waals surface area contributed by atoms with E-state index in [0.29, 0.717) is 30.4 Å². The van der Waals surface area contributed by atoms with Crippen molar-refractivity contribution < 1.29 is 19.1 Å². The molecule has 0 bridgehead atoms. The van der Waals surface area contributed by atoms with E-state index >= 15 is 0 Å². The van der Waals surface area contributed by atoms with Gasteiger partial charge in [-0.15, -0.1) is 5.10 Å². The van der Waals surface area contributed by atoms with Crippen molar-refractivity contribution in [3.8, 4) is 22.5 Å². The van der Waals surface area contributed by atoms with Gasteiger partial charge in [0.1, 0.15) is 11.4 Å². The molecule has 316 valence electrons. The predicted molar refractivity (Wildman–Crippen MR) is 240 cm³/mol. The third-order valence-corrected chi connectivity index (χ3v) is 12.4. The van der Waals surface area contributed by atoms with E-state index in [-0.39, 0.29) is 5.97 Å². The van der Waals surface area contributed by atoms with E-state index in [1.807, 2.05) is 35.0 Å². The number of rotatable bonds is 17. The molecule has 0 N–H and O–H groups in total. The Bertz CT molecular complexity index is 2450. The van der Waals surface area contributed by atoms with Gasteiger partial charge in [0.25, 0.3) is 0 Å². The number of imidazole rings is 1. The number of unbranched alkanes of at least 4 members (excludes halogenated alkanes) is 1. The van der Waals surface area contributed by atoms with E-state index in [9.17, 15) is 9.59 Å². The molecule has 10 nitrogen and oxygen atoms in total. The van der Waals surface area contributed by atoms with Gasteiger partial charge in [0, 0.05) is 25.5 Å². The molecule has 62 heavy (non-hydrogen) atoms. The van der Waals surface area contributed by atoms with Crippen molar-refractivity contribution in [2.75, 3.05) is 7.11 Å². The van der Waals surface area contributed by atoms with Crippen molar-refractivity contribution in [1.82, 2.24) is 29.8 Å². The molecule has 0 amide bonds. The molecule has 8 rings (SSSR count). The van der Waals surface area contributed by atoms with Crippen LogP contribution in [-0.4, -0.2) is 48.8 Å². The topological polar surface area (TPSA) is 114 Å². The molecule has 1 aliphatic rings. The van der Waals surface area contributed by atoms with Crippen LogP contribution in [0.2, 0.25) is 0 Å². The van der Waals surface area contributed by atoms with Crippen molar-refractivity contribution in [2.45, 2.75) is 83.4 Å². The van der Waals surface area contributed by atoms with E-state index in [1.165, 1.54) is 14.0 Å². The summed E-state index contributed by atoms with van der Waals surface area (Å²) in [6.07, 6.45) is 8.67. The van der Waals surface area contributed by atoms with Gasteiger partial charge in [-0.3, -0.25) is 9.59 Å². The van der Waals surface area contributed by atoms with Gasteiger partial charge >= 0.3 is 11.9 Å². The lowest BCUT2D eigenvalue weighted by atomic mass is 9.77. The Morgan fingerprint density at radius 3 is 1.92 bits per heavy atom. The van der Waals surface area contributed by atoms with E-state index in [1.54, 1.807) is 6.20 Å². The average molecular weight is 827 g/mol. The molecule has 2 atom stereocenters. The van der Waals surface area contributed by atoms with Gasteiger partial charge in [0.15, 0.2) is 11.9 Å². The van der Waals surface area contributed by atoms with Crippen molar-refractivity contribution in [2.24, 2.45) is 11.8 Å². The molecule has 0 aliphatic heterocycles. The minimum Gasteiger partial charge on any atom is -0.469 e. The molecule has 1 fully saturated rings. The number of carbonyl (C=O) groups excluding carboxylic acids is 2. The molecule has 0 spiro atoms. The summed E-state index contributed by atoms with van der Waals surface area (Å²) in [5.41, 5.74) is 6.79. The van der Waals surface area contributed by atoms with Gasteiger partial charge in [-0.1, -0.05) is 179 Å². The molecule has 2 aromatic heterocycles. The predicted octanol–water partition coefficient (Wildman–Crippen LogP) is 10.4. The maximum atomic E-state index is 13.5. The Balaban J connectivity index is 1.18. The molecule has 0 saturated heterocycles. The summed E-state index contributed by atoms with van der Waals surface area (Å²) < 4.78 is 15.5. The number of aromatic nitrogens is 6. The van der Waals surface area contributed by atoms with Crippen LogP contribution in [0.25, 0.3) is 22.5 Å². The third kappa shape index (κ3) is 8.59. The van der Waals surface area contributed by atoms with Crippen LogP contribution in [0.15, 0.2) is 146 Å². The van der Waals surface area contributed by atoms with Crippen LogP contribution in [0.1, 0.15) is 98.7 Å². The average Bonchev–Trinajstić information content (AvgIpc) is 4.11. The highest BCUT2D eigenvalue weighted by molar-refractivity contribution is 5.81. The van der Waals surface area contributed by atoms with Gasteiger partial charge in [-0.2, -0.15) is 0 Å². The number of benzene rings is 5. The minimum atomic E-state index is -0.897. The molecule has 1 aliphatic carbocycles. The second-order valence-corrected chi connectivity index (χ2v) is 16.3. The number of aryl methyl sites for hydroxylation is 1. The van der Waals surface area contributed by atoms with Crippen LogP contribution >= 0.6 is 0 Å². The molecular formula is C52H54N6O4. The highest BCUT2D eigenvalue weighted by Gasteiger charge is 2.42. The fraction of sp³-hybridized carbons (Fsp3) is 0.308. The van der Waals surface area contributed by atoms with Crippen molar-refractivity contribution >= 4 is 11.9 Å². The van der Waals surface area contributed by atoms with Crippen LogP contribution in [0.4, 0.5) is 0 Å². The highest BCUT2D eigenvalue weighted by Crippen LogP contribution is 2.44. The van der Waals surface area contributed by atoms with Gasteiger partial charge < -0.3 is 14.0 Å². The first-order valence-electron chi connectivity index (χ1n) is 21.9. The fourth-order valence-electron chi connectivity index (χ4n) is 9.39. The number of hydrogen-bond donors (Lipinski definition) is 0. The number of hydrogen-bond acceptors (Lipinski definition) is 8. The number of methoxy groups -OCH3 is 1. The summed E-state index contributed by atoms with van der Waals surface area (Å²) in [6, 6.07) is 48.0. The zero-order chi connectivity index (χ0) is 42.9. The number of nitrogens with zero attached hydrogens (tertiary/aromatic N) is 6. The Hall–Kier alpha value is -6.68. The standard InChI is InChI=1S/C52H54N6O4/c1-4-5-29-48-53-35-47(49(62-37(2)59)46(51(60)61-3)34-38-19-15-16-20-38)57(48)36-39-30-32-40(33-31-39)44-27-17-18-28-45(44)50-54-55-56-58(50)52(41-21-9-6-10-22-41,42-23-11-7-12-24-42)43-25-13-8-14-26-43/h6-14,17-18,21-28,30-33,35,38,46,49H,4-5,15-16,19-20,29,34,36H2,1-3H3. The molecule has 7 aromatic rings. The summed E-state index contributed by atoms with van der Waals surface area (Å²) in [7, 11) is 1.41. The lowest BCUT2D eigenvalue weighted by molar-refractivity contribution is -0.161. The summed E-state index contributed by atoms with van der Waals surface area (Å²) in [6.45, 7) is 4.04. The normalized spacial score (nSPS) is 14.0. The fourth-order valence-corrected chi connectivity index (χ4v) is 9.39. The quantitative estimate of drug-likeness (QED) is 0.0659. The molecule has 0 radical (unpaired) electrons.